The summed E-state index contributed by atoms with van der Waals surface area (Å²) < 4.78 is 1.97. The second kappa shape index (κ2) is 3.43. The molecule has 2 aromatic rings. The van der Waals surface area contributed by atoms with E-state index in [1.165, 1.54) is 0 Å². The zero-order chi connectivity index (χ0) is 9.97. The van der Waals surface area contributed by atoms with Crippen LogP contribution < -0.4 is 5.32 Å². The molecule has 0 saturated heterocycles. The molecule has 0 aliphatic rings. The fraction of sp³-hybridized carbons (Fsp3) is 0.182. The van der Waals surface area contributed by atoms with Crippen molar-refractivity contribution in [3.63, 3.8) is 0 Å². The van der Waals surface area contributed by atoms with E-state index in [1.807, 2.05) is 35.7 Å². The van der Waals surface area contributed by atoms with Crippen LogP contribution >= 0.6 is 0 Å². The Morgan fingerprint density at radius 3 is 3.21 bits per heavy atom. The van der Waals surface area contributed by atoms with Gasteiger partial charge in [-0.05, 0) is 19.1 Å². The van der Waals surface area contributed by atoms with Gasteiger partial charge in [-0.1, -0.05) is 12.0 Å². The van der Waals surface area contributed by atoms with E-state index in [0.717, 1.165) is 11.5 Å². The summed E-state index contributed by atoms with van der Waals surface area (Å²) in [6.07, 6.45) is 8.97. The Morgan fingerprint density at radius 1 is 1.57 bits per heavy atom. The Hall–Kier alpha value is -1.95. The van der Waals surface area contributed by atoms with Crippen molar-refractivity contribution in [2.45, 2.75) is 13.0 Å². The van der Waals surface area contributed by atoms with Gasteiger partial charge in [0.2, 0.25) is 0 Å². The first-order valence-corrected chi connectivity index (χ1v) is 4.46. The molecule has 1 N–H and O–H groups in total. The van der Waals surface area contributed by atoms with Crippen LogP contribution in [0.4, 0.5) is 5.82 Å². The minimum atomic E-state index is 0.0167. The van der Waals surface area contributed by atoms with Crippen LogP contribution in [0.2, 0.25) is 0 Å². The van der Waals surface area contributed by atoms with Crippen LogP contribution in [0.15, 0.2) is 30.6 Å². The van der Waals surface area contributed by atoms with Gasteiger partial charge in [0.15, 0.2) is 0 Å². The molecule has 0 aliphatic carbocycles. The summed E-state index contributed by atoms with van der Waals surface area (Å²) in [6, 6.07) is 5.89. The van der Waals surface area contributed by atoms with E-state index in [1.54, 1.807) is 6.20 Å². The summed E-state index contributed by atoms with van der Waals surface area (Å²) in [5.41, 5.74) is 0.916. The predicted octanol–water partition coefficient (Wildman–Crippen LogP) is 1.77. The average Bonchev–Trinajstić information content (AvgIpc) is 2.66. The Labute approximate surface area is 82.8 Å². The van der Waals surface area contributed by atoms with Crippen molar-refractivity contribution in [3.05, 3.63) is 30.6 Å². The van der Waals surface area contributed by atoms with Crippen molar-refractivity contribution >= 4 is 11.5 Å². The number of aromatic nitrogens is 2. The van der Waals surface area contributed by atoms with Gasteiger partial charge in [0.25, 0.3) is 0 Å². The minimum absolute atomic E-state index is 0.0167. The van der Waals surface area contributed by atoms with Gasteiger partial charge in [-0.3, -0.25) is 4.40 Å². The van der Waals surface area contributed by atoms with E-state index >= 15 is 0 Å². The van der Waals surface area contributed by atoms with Crippen LogP contribution in [0.3, 0.4) is 0 Å². The van der Waals surface area contributed by atoms with Crippen molar-refractivity contribution in [1.82, 2.24) is 9.38 Å². The SMILES string of the molecule is C#CC(C)Nc1cccc2nccn12. The lowest BCUT2D eigenvalue weighted by Crippen LogP contribution is -2.14. The van der Waals surface area contributed by atoms with Crippen molar-refractivity contribution < 1.29 is 0 Å². The van der Waals surface area contributed by atoms with Crippen molar-refractivity contribution in [2.24, 2.45) is 0 Å². The largest absolute Gasteiger partial charge is 0.358 e. The predicted molar refractivity (Wildman–Crippen MR) is 57.1 cm³/mol. The highest BCUT2D eigenvalue weighted by Crippen LogP contribution is 2.11. The zero-order valence-corrected chi connectivity index (χ0v) is 7.94. The molecule has 1 unspecified atom stereocenters. The number of terminal acetylenes is 1. The minimum Gasteiger partial charge on any atom is -0.358 e. The number of pyridine rings is 1. The highest BCUT2D eigenvalue weighted by molar-refractivity contribution is 5.50. The summed E-state index contributed by atoms with van der Waals surface area (Å²) in [7, 11) is 0. The molecule has 0 bridgehead atoms. The number of nitrogens with zero attached hydrogens (tertiary/aromatic N) is 2. The maximum Gasteiger partial charge on any atom is 0.138 e. The highest BCUT2D eigenvalue weighted by Gasteiger charge is 2.01. The third-order valence-electron chi connectivity index (χ3n) is 2.04. The zero-order valence-electron chi connectivity index (χ0n) is 7.94. The Bertz CT molecular complexity index is 478. The summed E-state index contributed by atoms with van der Waals surface area (Å²) in [4.78, 5) is 4.18. The van der Waals surface area contributed by atoms with Crippen molar-refractivity contribution in [2.75, 3.05) is 5.32 Å². The first-order valence-electron chi connectivity index (χ1n) is 4.46. The normalized spacial score (nSPS) is 12.3. The number of nitrogens with one attached hydrogen (secondary N) is 1. The molecule has 0 fully saturated rings. The molecule has 0 aliphatic heterocycles. The summed E-state index contributed by atoms with van der Waals surface area (Å²) in [5, 5.41) is 3.21. The van der Waals surface area contributed by atoms with Gasteiger partial charge in [-0.25, -0.2) is 4.98 Å². The van der Waals surface area contributed by atoms with Gasteiger partial charge in [0.1, 0.15) is 11.5 Å². The van der Waals surface area contributed by atoms with E-state index in [2.05, 4.69) is 16.2 Å². The van der Waals surface area contributed by atoms with Crippen LogP contribution in [0, 0.1) is 12.3 Å². The monoisotopic (exact) mass is 185 g/mol. The quantitative estimate of drug-likeness (QED) is 0.722. The van der Waals surface area contributed by atoms with Crippen molar-refractivity contribution in [1.29, 1.82) is 0 Å². The number of anilines is 1. The molecule has 0 spiro atoms. The lowest BCUT2D eigenvalue weighted by molar-refractivity contribution is 0.997. The Balaban J connectivity index is 2.42. The molecule has 0 amide bonds. The number of hydrogen-bond donors (Lipinski definition) is 1. The maximum atomic E-state index is 5.30. The summed E-state index contributed by atoms with van der Waals surface area (Å²) in [5.74, 6) is 3.59. The smallest absolute Gasteiger partial charge is 0.138 e. The van der Waals surface area contributed by atoms with Gasteiger partial charge >= 0.3 is 0 Å². The highest BCUT2D eigenvalue weighted by atomic mass is 15.1. The maximum absolute atomic E-state index is 5.30. The van der Waals surface area contributed by atoms with Gasteiger partial charge in [0.05, 0.1) is 6.04 Å². The molecule has 0 saturated carbocycles. The number of rotatable bonds is 2. The Morgan fingerprint density at radius 2 is 2.43 bits per heavy atom. The molecule has 2 heterocycles. The number of fused-ring (bicyclic) bond motifs is 1. The second-order valence-electron chi connectivity index (χ2n) is 3.10. The standard InChI is InChI=1S/C11H11N3/c1-3-9(2)13-11-6-4-5-10-12-7-8-14(10)11/h1,4-9,13H,2H3. The summed E-state index contributed by atoms with van der Waals surface area (Å²) in [6.45, 7) is 1.94. The summed E-state index contributed by atoms with van der Waals surface area (Å²) >= 11 is 0. The van der Waals surface area contributed by atoms with Gasteiger partial charge in [0, 0.05) is 12.4 Å². The van der Waals surface area contributed by atoms with Crippen LogP contribution in [-0.2, 0) is 0 Å². The van der Waals surface area contributed by atoms with E-state index in [9.17, 15) is 0 Å². The van der Waals surface area contributed by atoms with E-state index < -0.39 is 0 Å². The van der Waals surface area contributed by atoms with Gasteiger partial charge < -0.3 is 5.32 Å². The fourth-order valence-corrected chi connectivity index (χ4v) is 1.33. The Kier molecular flexibility index (Phi) is 2.11. The molecular formula is C11H11N3. The average molecular weight is 185 g/mol. The second-order valence-corrected chi connectivity index (χ2v) is 3.10. The molecule has 3 heteroatoms. The molecule has 70 valence electrons. The lowest BCUT2D eigenvalue weighted by atomic mass is 10.3. The fourth-order valence-electron chi connectivity index (χ4n) is 1.33. The van der Waals surface area contributed by atoms with E-state index in [-0.39, 0.29) is 6.04 Å². The molecule has 0 radical (unpaired) electrons. The van der Waals surface area contributed by atoms with E-state index in [0.29, 0.717) is 0 Å². The van der Waals surface area contributed by atoms with Crippen LogP contribution in [-0.4, -0.2) is 15.4 Å². The van der Waals surface area contributed by atoms with E-state index in [4.69, 9.17) is 6.42 Å². The first-order chi connectivity index (χ1) is 6.81. The number of hydrogen-bond acceptors (Lipinski definition) is 2. The molecule has 0 aromatic carbocycles. The molecule has 2 aromatic heterocycles. The molecular weight excluding hydrogens is 174 g/mol. The third kappa shape index (κ3) is 1.42. The van der Waals surface area contributed by atoms with Gasteiger partial charge in [-0.15, -0.1) is 6.42 Å². The topological polar surface area (TPSA) is 29.3 Å². The molecule has 1 atom stereocenters. The van der Waals surface area contributed by atoms with Crippen LogP contribution in [0.5, 0.6) is 0 Å². The number of imidazole rings is 1. The lowest BCUT2D eigenvalue weighted by Gasteiger charge is -2.10. The molecule has 14 heavy (non-hydrogen) atoms. The first kappa shape index (κ1) is 8.64. The molecule has 2 rings (SSSR count). The third-order valence-corrected chi connectivity index (χ3v) is 2.04. The van der Waals surface area contributed by atoms with Crippen LogP contribution in [0.25, 0.3) is 5.65 Å². The molecule has 3 nitrogen and oxygen atoms in total. The van der Waals surface area contributed by atoms with Crippen LogP contribution in [0.1, 0.15) is 6.92 Å². The van der Waals surface area contributed by atoms with Gasteiger partial charge in [-0.2, -0.15) is 0 Å². The van der Waals surface area contributed by atoms with Crippen molar-refractivity contribution in [3.8, 4) is 12.3 Å².